The van der Waals surface area contributed by atoms with E-state index in [1.165, 1.54) is 0 Å². The lowest BCUT2D eigenvalue weighted by atomic mass is 10.0. The average molecular weight is 526 g/mol. The molecule has 3 nitrogen and oxygen atoms in total. The normalized spacial score (nSPS) is 10.7. The Labute approximate surface area is 232 Å². The second-order valence-electron chi connectivity index (χ2n) is 9.30. The van der Waals surface area contributed by atoms with Crippen molar-refractivity contribution in [1.29, 1.82) is 0 Å². The molecule has 0 saturated heterocycles. The number of fused-ring (bicyclic) bond motifs is 1. The third-order valence-corrected chi connectivity index (χ3v) is 7.54. The van der Waals surface area contributed by atoms with Gasteiger partial charge in [-0.05, 0) is 82.2 Å². The molecule has 0 spiro atoms. The molecule has 0 fully saturated rings. The Balaban J connectivity index is 1.38. The highest BCUT2D eigenvalue weighted by Gasteiger charge is 2.17. The molecular weight excluding hydrogens is 498 g/mol. The Bertz CT molecular complexity index is 1770. The van der Waals surface area contributed by atoms with Gasteiger partial charge in [-0.1, -0.05) is 60.4 Å². The predicted octanol–water partition coefficient (Wildman–Crippen LogP) is 8.56. The summed E-state index contributed by atoms with van der Waals surface area (Å²) in [6.07, 6.45) is 0. The molecule has 6 aromatic rings. The number of aryl methyl sites for hydroxylation is 1. The average Bonchev–Trinajstić information content (AvgIpc) is 3.61. The van der Waals surface area contributed by atoms with Gasteiger partial charge in [-0.15, -0.1) is 0 Å². The Morgan fingerprint density at radius 1 is 0.744 bits per heavy atom. The summed E-state index contributed by atoms with van der Waals surface area (Å²) in [6, 6.07) is 35.4. The van der Waals surface area contributed by atoms with Gasteiger partial charge in [-0.3, -0.25) is 0 Å². The van der Waals surface area contributed by atoms with Crippen molar-refractivity contribution in [3.05, 3.63) is 131 Å². The number of thiophene rings is 1. The third kappa shape index (κ3) is 5.18. The first-order valence-electron chi connectivity index (χ1n) is 12.8. The van der Waals surface area contributed by atoms with Crippen LogP contribution in [0.2, 0.25) is 0 Å². The molecule has 0 aliphatic heterocycles. The number of benzene rings is 4. The number of hydrogen-bond acceptors (Lipinski definition) is 3. The van der Waals surface area contributed by atoms with E-state index in [0.717, 1.165) is 61.5 Å². The zero-order valence-corrected chi connectivity index (χ0v) is 22.7. The van der Waals surface area contributed by atoms with E-state index in [9.17, 15) is 0 Å². The number of nitrogens with zero attached hydrogens (tertiary/aromatic N) is 1. The number of hydrogen-bond donors (Lipinski definition) is 0. The molecule has 6 rings (SSSR count). The lowest BCUT2D eigenvalue weighted by Crippen LogP contribution is -1.94. The molecule has 0 saturated carbocycles. The first-order chi connectivity index (χ1) is 19.2. The minimum absolute atomic E-state index is 0.552. The summed E-state index contributed by atoms with van der Waals surface area (Å²) in [5, 5.41) is 5.27. The minimum Gasteiger partial charge on any atom is -0.497 e. The highest BCUT2D eigenvalue weighted by Crippen LogP contribution is 2.36. The summed E-state index contributed by atoms with van der Waals surface area (Å²) in [5.74, 6) is 8.58. The molecule has 0 N–H and O–H groups in total. The second kappa shape index (κ2) is 10.9. The molecular formula is C35H27NO2S. The summed E-state index contributed by atoms with van der Waals surface area (Å²) in [6.45, 7) is 0.552. The molecule has 4 aromatic carbocycles. The van der Waals surface area contributed by atoms with Gasteiger partial charge in [-0.2, -0.15) is 11.3 Å². The van der Waals surface area contributed by atoms with Gasteiger partial charge in [-0.25, -0.2) is 0 Å². The van der Waals surface area contributed by atoms with Gasteiger partial charge in [0.1, 0.15) is 18.1 Å². The van der Waals surface area contributed by atoms with Crippen molar-refractivity contribution in [3.8, 4) is 45.7 Å². The van der Waals surface area contributed by atoms with Crippen molar-refractivity contribution in [2.45, 2.75) is 6.61 Å². The number of rotatable bonds is 6. The fourth-order valence-electron chi connectivity index (χ4n) is 4.79. The van der Waals surface area contributed by atoms with Crippen LogP contribution < -0.4 is 9.47 Å². The van der Waals surface area contributed by atoms with Gasteiger partial charge >= 0.3 is 0 Å². The fourth-order valence-corrected chi connectivity index (χ4v) is 5.38. The zero-order chi connectivity index (χ0) is 26.6. The zero-order valence-electron chi connectivity index (χ0n) is 21.8. The van der Waals surface area contributed by atoms with Crippen molar-refractivity contribution in [1.82, 2.24) is 4.57 Å². The van der Waals surface area contributed by atoms with Gasteiger partial charge < -0.3 is 14.0 Å². The van der Waals surface area contributed by atoms with Gasteiger partial charge in [0.25, 0.3) is 0 Å². The van der Waals surface area contributed by atoms with E-state index >= 15 is 0 Å². The molecule has 2 aromatic heterocycles. The molecule has 39 heavy (non-hydrogen) atoms. The van der Waals surface area contributed by atoms with Crippen molar-refractivity contribution in [2.24, 2.45) is 7.05 Å². The van der Waals surface area contributed by atoms with Crippen LogP contribution in [0.5, 0.6) is 11.5 Å². The van der Waals surface area contributed by atoms with Crippen LogP contribution >= 0.6 is 11.3 Å². The standard InChI is InChI=1S/C35H27NO2S/c1-36-34-19-13-29(27-9-16-31(17-10-27)38-23-25-6-4-3-5-7-25)22-33(34)32(18-8-26-20-21-39-24-26)35(36)28-11-14-30(37-2)15-12-28/h3-7,9-17,19-22,24H,23H2,1-2H3. The van der Waals surface area contributed by atoms with Gasteiger partial charge in [0.15, 0.2) is 0 Å². The van der Waals surface area contributed by atoms with E-state index in [0.29, 0.717) is 6.61 Å². The quantitative estimate of drug-likeness (QED) is 0.203. The number of aromatic nitrogens is 1. The maximum atomic E-state index is 5.99. The summed E-state index contributed by atoms with van der Waals surface area (Å²) in [7, 11) is 3.79. The molecule has 4 heteroatoms. The van der Waals surface area contributed by atoms with Crippen LogP contribution in [0.1, 0.15) is 16.7 Å². The number of ether oxygens (including phenoxy) is 2. The number of methoxy groups -OCH3 is 1. The van der Waals surface area contributed by atoms with Crippen LogP contribution in [0, 0.1) is 11.8 Å². The molecule has 0 aliphatic carbocycles. The molecule has 0 aliphatic rings. The van der Waals surface area contributed by atoms with E-state index in [1.54, 1.807) is 18.4 Å². The van der Waals surface area contributed by atoms with Crippen molar-refractivity contribution < 1.29 is 9.47 Å². The Kier molecular flexibility index (Phi) is 6.91. The first-order valence-corrected chi connectivity index (χ1v) is 13.7. The monoisotopic (exact) mass is 525 g/mol. The minimum atomic E-state index is 0.552. The van der Waals surface area contributed by atoms with Gasteiger partial charge in [0.05, 0.1) is 18.4 Å². The van der Waals surface area contributed by atoms with Crippen LogP contribution in [0.25, 0.3) is 33.3 Å². The Hall–Kier alpha value is -4.72. The van der Waals surface area contributed by atoms with E-state index in [1.807, 2.05) is 42.5 Å². The maximum Gasteiger partial charge on any atom is 0.119 e. The van der Waals surface area contributed by atoms with E-state index < -0.39 is 0 Å². The highest BCUT2D eigenvalue weighted by atomic mass is 32.1. The molecule has 0 radical (unpaired) electrons. The molecule has 0 amide bonds. The van der Waals surface area contributed by atoms with Crippen molar-refractivity contribution in [3.63, 3.8) is 0 Å². The molecule has 0 atom stereocenters. The highest BCUT2D eigenvalue weighted by molar-refractivity contribution is 7.08. The van der Waals surface area contributed by atoms with E-state index in [-0.39, 0.29) is 0 Å². The van der Waals surface area contributed by atoms with Crippen LogP contribution in [-0.2, 0) is 13.7 Å². The van der Waals surface area contributed by atoms with Gasteiger partial charge in [0.2, 0.25) is 0 Å². The predicted molar refractivity (Wildman–Crippen MR) is 161 cm³/mol. The molecule has 0 unspecified atom stereocenters. The Morgan fingerprint density at radius 2 is 1.46 bits per heavy atom. The molecule has 0 bridgehead atoms. The Morgan fingerprint density at radius 3 is 2.18 bits per heavy atom. The summed E-state index contributed by atoms with van der Waals surface area (Å²) < 4.78 is 13.6. The maximum absolute atomic E-state index is 5.99. The molecule has 190 valence electrons. The van der Waals surface area contributed by atoms with Crippen LogP contribution in [0.4, 0.5) is 0 Å². The van der Waals surface area contributed by atoms with Crippen LogP contribution in [-0.4, -0.2) is 11.7 Å². The fraction of sp³-hybridized carbons (Fsp3) is 0.0857. The van der Waals surface area contributed by atoms with Gasteiger partial charge in [0, 0.05) is 28.9 Å². The second-order valence-corrected chi connectivity index (χ2v) is 10.1. The van der Waals surface area contributed by atoms with Crippen LogP contribution in [0.3, 0.4) is 0 Å². The SMILES string of the molecule is COc1ccc(-c2c(C#Cc3ccsc3)c3cc(-c4ccc(OCc5ccccc5)cc4)ccc3n2C)cc1. The summed E-state index contributed by atoms with van der Waals surface area (Å²) in [4.78, 5) is 0. The lowest BCUT2D eigenvalue weighted by Gasteiger charge is -2.08. The van der Waals surface area contributed by atoms with E-state index in [2.05, 4.69) is 94.9 Å². The largest absolute Gasteiger partial charge is 0.497 e. The topological polar surface area (TPSA) is 23.4 Å². The molecule has 2 heterocycles. The third-order valence-electron chi connectivity index (χ3n) is 6.85. The van der Waals surface area contributed by atoms with Crippen molar-refractivity contribution >= 4 is 22.2 Å². The first kappa shape index (κ1) is 24.6. The van der Waals surface area contributed by atoms with E-state index in [4.69, 9.17) is 9.47 Å². The lowest BCUT2D eigenvalue weighted by molar-refractivity contribution is 0.306. The van der Waals surface area contributed by atoms with Crippen molar-refractivity contribution in [2.75, 3.05) is 7.11 Å². The summed E-state index contributed by atoms with van der Waals surface area (Å²) in [5.41, 5.74) is 8.82. The smallest absolute Gasteiger partial charge is 0.119 e. The van der Waals surface area contributed by atoms with Crippen LogP contribution in [0.15, 0.2) is 114 Å². The summed E-state index contributed by atoms with van der Waals surface area (Å²) >= 11 is 1.66.